The van der Waals surface area contributed by atoms with Gasteiger partial charge in [0.25, 0.3) is 0 Å². The summed E-state index contributed by atoms with van der Waals surface area (Å²) in [6, 6.07) is 0. The second kappa shape index (κ2) is 15.6. The van der Waals surface area contributed by atoms with Gasteiger partial charge in [0.1, 0.15) is 42.7 Å². The molecule has 1 fully saturated rings. The zero-order valence-electron chi connectivity index (χ0n) is 18.6. The molecule has 9 unspecified atom stereocenters. The van der Waals surface area contributed by atoms with E-state index in [1.54, 1.807) is 6.08 Å². The van der Waals surface area contributed by atoms with E-state index in [2.05, 4.69) is 10.6 Å². The molecule has 1 heterocycles. The molecule has 1 rings (SSSR count). The molecule has 13 nitrogen and oxygen atoms in total. The highest BCUT2D eigenvalue weighted by molar-refractivity contribution is 5.77. The minimum absolute atomic E-state index is 0.166. The minimum Gasteiger partial charge on any atom is -0.394 e. The van der Waals surface area contributed by atoms with Gasteiger partial charge in [-0.1, -0.05) is 19.1 Å². The molecule has 0 aliphatic carbocycles. The molecule has 0 saturated carbocycles. The standard InChI is InChI=1S/C20H38N2O11/c1-2-3-4-5-14(27)22-7-6-21-8-11(25)15(28)19(12(26)9-23)33-20-18(31)17(30)16(29)13(10-24)32-20/h3-4,11-13,15-21,23-26,28-31H,2,5-10H2,1H3,(H,22,27)/b4-3-. The number of aliphatic hydroxyl groups excluding tert-OH is 8. The van der Waals surface area contributed by atoms with Crippen molar-refractivity contribution >= 4 is 5.91 Å². The third-order valence-electron chi connectivity index (χ3n) is 5.12. The quantitative estimate of drug-likeness (QED) is 0.0786. The summed E-state index contributed by atoms with van der Waals surface area (Å²) in [5, 5.41) is 84.5. The molecule has 9 atom stereocenters. The van der Waals surface area contributed by atoms with Crippen LogP contribution >= 0.6 is 0 Å². The Balaban J connectivity index is 2.58. The smallest absolute Gasteiger partial charge is 0.223 e. The van der Waals surface area contributed by atoms with Gasteiger partial charge in [-0.2, -0.15) is 0 Å². The minimum atomic E-state index is -1.80. The van der Waals surface area contributed by atoms with Crippen LogP contribution in [0, 0.1) is 0 Å². The molecule has 1 amide bonds. The Bertz CT molecular complexity index is 580. The number of amides is 1. The summed E-state index contributed by atoms with van der Waals surface area (Å²) in [5.41, 5.74) is 0. The summed E-state index contributed by atoms with van der Waals surface area (Å²) in [4.78, 5) is 11.6. The van der Waals surface area contributed by atoms with Crippen molar-refractivity contribution in [1.82, 2.24) is 10.6 Å². The van der Waals surface area contributed by atoms with E-state index in [4.69, 9.17) is 9.47 Å². The molecule has 33 heavy (non-hydrogen) atoms. The molecule has 1 saturated heterocycles. The van der Waals surface area contributed by atoms with Gasteiger partial charge in [0.05, 0.1) is 19.3 Å². The predicted octanol–water partition coefficient (Wildman–Crippen LogP) is -4.69. The lowest BCUT2D eigenvalue weighted by atomic mass is 9.98. The van der Waals surface area contributed by atoms with E-state index in [0.29, 0.717) is 0 Å². The fourth-order valence-electron chi connectivity index (χ4n) is 3.15. The first kappa shape index (κ1) is 29.8. The lowest BCUT2D eigenvalue weighted by Gasteiger charge is -2.42. The van der Waals surface area contributed by atoms with Crippen LogP contribution in [0.5, 0.6) is 0 Å². The molecule has 13 heteroatoms. The first-order chi connectivity index (χ1) is 15.7. The van der Waals surface area contributed by atoms with Crippen molar-refractivity contribution in [1.29, 1.82) is 0 Å². The zero-order chi connectivity index (χ0) is 25.0. The number of hydrogen-bond acceptors (Lipinski definition) is 12. The normalized spacial score (nSPS) is 29.5. The zero-order valence-corrected chi connectivity index (χ0v) is 18.6. The molecule has 0 bridgehead atoms. The summed E-state index contributed by atoms with van der Waals surface area (Å²) in [6.45, 7) is 0.756. The molecule has 10 N–H and O–H groups in total. The van der Waals surface area contributed by atoms with Crippen molar-refractivity contribution in [3.63, 3.8) is 0 Å². The number of ether oxygens (including phenoxy) is 2. The Hall–Kier alpha value is -1.23. The van der Waals surface area contributed by atoms with Crippen molar-refractivity contribution in [2.45, 2.75) is 74.9 Å². The van der Waals surface area contributed by atoms with Gasteiger partial charge in [0.2, 0.25) is 5.91 Å². The maximum absolute atomic E-state index is 11.6. The van der Waals surface area contributed by atoms with Crippen LogP contribution in [-0.2, 0) is 14.3 Å². The average Bonchev–Trinajstić information content (AvgIpc) is 2.81. The van der Waals surface area contributed by atoms with Crippen LogP contribution in [0.1, 0.15) is 19.8 Å². The number of allylic oxidation sites excluding steroid dienone is 1. The Morgan fingerprint density at radius 1 is 1.03 bits per heavy atom. The molecule has 1 aliphatic rings. The highest BCUT2D eigenvalue weighted by Gasteiger charge is 2.46. The van der Waals surface area contributed by atoms with Gasteiger partial charge in [-0.15, -0.1) is 0 Å². The third kappa shape index (κ3) is 9.50. The fraction of sp³-hybridized carbons (Fsp3) is 0.850. The van der Waals surface area contributed by atoms with Gasteiger partial charge in [0.15, 0.2) is 6.29 Å². The summed E-state index contributed by atoms with van der Waals surface area (Å²) in [6.07, 6.45) is -10.0. The molecule has 0 radical (unpaired) electrons. The SMILES string of the molecule is CC/C=C\CC(=O)NCCNCC(O)C(O)C(OC1OC(CO)C(O)C(O)C1O)C(O)CO. The molecular formula is C20H38N2O11. The Morgan fingerprint density at radius 3 is 2.33 bits per heavy atom. The first-order valence-corrected chi connectivity index (χ1v) is 10.9. The molecule has 1 aliphatic heterocycles. The van der Waals surface area contributed by atoms with Crippen LogP contribution in [0.4, 0.5) is 0 Å². The number of nitrogens with one attached hydrogen (secondary N) is 2. The topological polar surface area (TPSA) is 221 Å². The van der Waals surface area contributed by atoms with Crippen LogP contribution in [0.3, 0.4) is 0 Å². The van der Waals surface area contributed by atoms with E-state index in [-0.39, 0.29) is 32.0 Å². The van der Waals surface area contributed by atoms with Crippen molar-refractivity contribution in [3.8, 4) is 0 Å². The van der Waals surface area contributed by atoms with Crippen LogP contribution < -0.4 is 10.6 Å². The Labute approximate surface area is 192 Å². The summed E-state index contributed by atoms with van der Waals surface area (Å²) >= 11 is 0. The molecule has 0 aromatic rings. The average molecular weight is 483 g/mol. The summed E-state index contributed by atoms with van der Waals surface area (Å²) in [7, 11) is 0. The van der Waals surface area contributed by atoms with Gasteiger partial charge < -0.3 is 61.0 Å². The van der Waals surface area contributed by atoms with E-state index in [1.807, 2.05) is 13.0 Å². The lowest BCUT2D eigenvalue weighted by Crippen LogP contribution is -2.61. The lowest BCUT2D eigenvalue weighted by molar-refractivity contribution is -0.327. The van der Waals surface area contributed by atoms with E-state index >= 15 is 0 Å². The van der Waals surface area contributed by atoms with Crippen LogP contribution in [-0.4, -0.2) is 135 Å². The number of rotatable bonds is 15. The maximum Gasteiger partial charge on any atom is 0.223 e. The van der Waals surface area contributed by atoms with Crippen molar-refractivity contribution in [2.75, 3.05) is 32.8 Å². The molecular weight excluding hydrogens is 444 g/mol. The number of hydrogen-bond donors (Lipinski definition) is 10. The van der Waals surface area contributed by atoms with Crippen LogP contribution in [0.25, 0.3) is 0 Å². The number of aliphatic hydroxyl groups is 8. The highest BCUT2D eigenvalue weighted by atomic mass is 16.7. The van der Waals surface area contributed by atoms with Crippen LogP contribution in [0.15, 0.2) is 12.2 Å². The largest absolute Gasteiger partial charge is 0.394 e. The maximum atomic E-state index is 11.6. The third-order valence-corrected chi connectivity index (χ3v) is 5.12. The second-order valence-electron chi connectivity index (χ2n) is 7.74. The van der Waals surface area contributed by atoms with Gasteiger partial charge in [-0.25, -0.2) is 0 Å². The Kier molecular flexibility index (Phi) is 14.1. The first-order valence-electron chi connectivity index (χ1n) is 10.9. The second-order valence-corrected chi connectivity index (χ2v) is 7.74. The van der Waals surface area contributed by atoms with E-state index in [0.717, 1.165) is 6.42 Å². The number of carbonyl (C=O) groups is 1. The Morgan fingerprint density at radius 2 is 1.73 bits per heavy atom. The molecule has 0 spiro atoms. The highest BCUT2D eigenvalue weighted by Crippen LogP contribution is 2.24. The molecule has 0 aromatic heterocycles. The van der Waals surface area contributed by atoms with Crippen molar-refractivity contribution < 1.29 is 55.1 Å². The van der Waals surface area contributed by atoms with Gasteiger partial charge in [-0.3, -0.25) is 4.79 Å². The summed E-state index contributed by atoms with van der Waals surface area (Å²) in [5.74, 6) is -0.166. The fourth-order valence-corrected chi connectivity index (χ4v) is 3.15. The van der Waals surface area contributed by atoms with Gasteiger partial charge in [0, 0.05) is 26.1 Å². The molecule has 194 valence electrons. The van der Waals surface area contributed by atoms with Crippen molar-refractivity contribution in [2.24, 2.45) is 0 Å². The van der Waals surface area contributed by atoms with E-state index < -0.39 is 68.3 Å². The van der Waals surface area contributed by atoms with Gasteiger partial charge >= 0.3 is 0 Å². The van der Waals surface area contributed by atoms with Crippen LogP contribution in [0.2, 0.25) is 0 Å². The van der Waals surface area contributed by atoms with E-state index in [9.17, 15) is 45.6 Å². The summed E-state index contributed by atoms with van der Waals surface area (Å²) < 4.78 is 10.5. The number of carbonyl (C=O) groups excluding carboxylic acids is 1. The van der Waals surface area contributed by atoms with E-state index in [1.165, 1.54) is 0 Å². The van der Waals surface area contributed by atoms with Gasteiger partial charge in [-0.05, 0) is 6.42 Å². The van der Waals surface area contributed by atoms with Crippen molar-refractivity contribution in [3.05, 3.63) is 12.2 Å². The monoisotopic (exact) mass is 482 g/mol. The predicted molar refractivity (Wildman–Crippen MR) is 114 cm³/mol. The molecule has 0 aromatic carbocycles.